The predicted molar refractivity (Wildman–Crippen MR) is 103 cm³/mol. The first-order chi connectivity index (χ1) is 12.6. The molecule has 0 amide bonds. The fourth-order valence-electron chi connectivity index (χ4n) is 3.61. The third-order valence-corrected chi connectivity index (χ3v) is 4.92. The van der Waals surface area contributed by atoms with Crippen LogP contribution in [0.25, 0.3) is 0 Å². The number of hydrogen-bond acceptors (Lipinski definition) is 4. The van der Waals surface area contributed by atoms with Crippen LogP contribution in [0, 0.1) is 0 Å². The summed E-state index contributed by atoms with van der Waals surface area (Å²) >= 11 is 0. The molecule has 0 saturated carbocycles. The molecule has 0 saturated heterocycles. The monoisotopic (exact) mass is 345 g/mol. The quantitative estimate of drug-likeness (QED) is 0.731. The number of aromatic hydroxyl groups is 1. The molecule has 5 nitrogen and oxygen atoms in total. The minimum Gasteiger partial charge on any atom is -0.480 e. The Bertz CT molecular complexity index is 934. The van der Waals surface area contributed by atoms with Crippen molar-refractivity contribution in [3.8, 4) is 6.01 Å². The number of rotatable bonds is 3. The standard InChI is InChI=1S/C20H20BN3O2/c21-23-12-11-17-16(13-23)19(25)24(20(26)22-17)18(14-7-3-1-4-8-14)15-9-5-2-6-10-15/h1-10,18H,11-13,21H2,(H,22,26). The van der Waals surface area contributed by atoms with Gasteiger partial charge in [-0.25, -0.2) is 4.98 Å². The topological polar surface area (TPSA) is 58.4 Å². The van der Waals surface area contributed by atoms with Crippen LogP contribution in [0.4, 0.5) is 0 Å². The summed E-state index contributed by atoms with van der Waals surface area (Å²) in [6, 6.07) is 18.8. The van der Waals surface area contributed by atoms with Gasteiger partial charge in [0.05, 0.1) is 17.3 Å². The second kappa shape index (κ2) is 6.80. The highest BCUT2D eigenvalue weighted by molar-refractivity contribution is 6.04. The molecule has 0 atom stereocenters. The average molecular weight is 345 g/mol. The van der Waals surface area contributed by atoms with Crippen LogP contribution in [-0.4, -0.2) is 34.0 Å². The number of nitrogens with zero attached hydrogens (tertiary/aromatic N) is 3. The van der Waals surface area contributed by atoms with Crippen molar-refractivity contribution >= 4 is 7.98 Å². The zero-order valence-corrected chi connectivity index (χ0v) is 14.7. The van der Waals surface area contributed by atoms with Gasteiger partial charge in [0, 0.05) is 13.0 Å². The fourth-order valence-corrected chi connectivity index (χ4v) is 3.61. The summed E-state index contributed by atoms with van der Waals surface area (Å²) in [5.74, 6) is 0. The maximum atomic E-state index is 13.3. The molecule has 2 aromatic carbocycles. The average Bonchev–Trinajstić information content (AvgIpc) is 2.67. The number of fused-ring (bicyclic) bond motifs is 1. The van der Waals surface area contributed by atoms with E-state index in [0.717, 1.165) is 17.7 Å². The van der Waals surface area contributed by atoms with Gasteiger partial charge in [0.15, 0.2) is 7.98 Å². The molecule has 1 aliphatic rings. The Morgan fingerprint density at radius 1 is 1.00 bits per heavy atom. The number of hydrogen-bond donors (Lipinski definition) is 1. The molecule has 0 spiro atoms. The van der Waals surface area contributed by atoms with Crippen LogP contribution in [0.5, 0.6) is 6.01 Å². The van der Waals surface area contributed by atoms with E-state index in [2.05, 4.69) is 9.79 Å². The Hall–Kier alpha value is -2.86. The molecule has 1 N–H and O–H groups in total. The summed E-state index contributed by atoms with van der Waals surface area (Å²) in [5, 5.41) is 10.6. The predicted octanol–water partition coefficient (Wildman–Crippen LogP) is 1.49. The molecule has 4 rings (SSSR count). The molecule has 2 heterocycles. The van der Waals surface area contributed by atoms with Gasteiger partial charge in [-0.2, -0.15) is 0 Å². The number of aromatic nitrogens is 2. The summed E-state index contributed by atoms with van der Waals surface area (Å²) in [7, 11) is 1.99. The molecule has 0 bridgehead atoms. The van der Waals surface area contributed by atoms with Gasteiger partial charge in [0.25, 0.3) is 11.6 Å². The molecule has 1 aromatic heterocycles. The van der Waals surface area contributed by atoms with Crippen LogP contribution in [0.15, 0.2) is 65.5 Å². The van der Waals surface area contributed by atoms with Crippen LogP contribution >= 0.6 is 0 Å². The summed E-state index contributed by atoms with van der Waals surface area (Å²) < 4.78 is 1.42. The minimum absolute atomic E-state index is 0.170. The van der Waals surface area contributed by atoms with Crippen molar-refractivity contribution in [3.05, 3.63) is 93.4 Å². The lowest BCUT2D eigenvalue weighted by atomic mass is 9.97. The molecule has 3 aromatic rings. The lowest BCUT2D eigenvalue weighted by Gasteiger charge is -2.27. The highest BCUT2D eigenvalue weighted by atomic mass is 16.3. The van der Waals surface area contributed by atoms with Gasteiger partial charge in [0.2, 0.25) is 0 Å². The fraction of sp³-hybridized carbons (Fsp3) is 0.200. The molecular formula is C20H20BN3O2. The molecule has 1 aliphatic heterocycles. The van der Waals surface area contributed by atoms with Crippen molar-refractivity contribution < 1.29 is 5.11 Å². The van der Waals surface area contributed by atoms with E-state index in [4.69, 9.17) is 0 Å². The van der Waals surface area contributed by atoms with Crippen molar-refractivity contribution in [2.45, 2.75) is 19.0 Å². The summed E-state index contributed by atoms with van der Waals surface area (Å²) in [4.78, 5) is 19.8. The molecular weight excluding hydrogens is 325 g/mol. The van der Waals surface area contributed by atoms with Gasteiger partial charge >= 0.3 is 0 Å². The third kappa shape index (κ3) is 2.93. The summed E-state index contributed by atoms with van der Waals surface area (Å²) in [6.45, 7) is 1.39. The van der Waals surface area contributed by atoms with E-state index in [1.807, 2.05) is 68.6 Å². The second-order valence-electron chi connectivity index (χ2n) is 6.72. The van der Waals surface area contributed by atoms with Crippen molar-refractivity contribution in [3.63, 3.8) is 0 Å². The summed E-state index contributed by atoms with van der Waals surface area (Å²) in [6.07, 6.45) is 0.677. The molecule has 0 unspecified atom stereocenters. The first-order valence-electron chi connectivity index (χ1n) is 8.77. The van der Waals surface area contributed by atoms with Crippen molar-refractivity contribution in [1.82, 2.24) is 14.4 Å². The van der Waals surface area contributed by atoms with E-state index in [-0.39, 0.29) is 11.6 Å². The maximum Gasteiger partial charge on any atom is 0.297 e. The Morgan fingerprint density at radius 3 is 2.15 bits per heavy atom. The molecule has 26 heavy (non-hydrogen) atoms. The minimum atomic E-state index is -0.421. The lowest BCUT2D eigenvalue weighted by Crippen LogP contribution is -2.38. The largest absolute Gasteiger partial charge is 0.480 e. The zero-order chi connectivity index (χ0) is 18.1. The Labute approximate surface area is 153 Å². The van der Waals surface area contributed by atoms with Crippen molar-refractivity contribution in [1.29, 1.82) is 0 Å². The summed E-state index contributed by atoms with van der Waals surface area (Å²) in [5.41, 5.74) is 3.08. The zero-order valence-electron chi connectivity index (χ0n) is 14.7. The van der Waals surface area contributed by atoms with Crippen molar-refractivity contribution in [2.24, 2.45) is 0 Å². The highest BCUT2D eigenvalue weighted by Gasteiger charge is 2.26. The SMILES string of the molecule is BN1CCc2nc(O)n(C(c3ccccc3)c3ccccc3)c(=O)c2C1. The molecule has 0 radical (unpaired) electrons. The van der Waals surface area contributed by atoms with E-state index in [0.29, 0.717) is 24.2 Å². The van der Waals surface area contributed by atoms with Crippen LogP contribution in [-0.2, 0) is 13.0 Å². The van der Waals surface area contributed by atoms with E-state index < -0.39 is 6.04 Å². The highest BCUT2D eigenvalue weighted by Crippen LogP contribution is 2.29. The van der Waals surface area contributed by atoms with E-state index in [1.54, 1.807) is 0 Å². The first kappa shape index (κ1) is 16.6. The lowest BCUT2D eigenvalue weighted by molar-refractivity contribution is 0.357. The molecule has 0 aliphatic carbocycles. The first-order valence-corrected chi connectivity index (χ1v) is 8.77. The Kier molecular flexibility index (Phi) is 4.35. The Balaban J connectivity index is 1.95. The smallest absolute Gasteiger partial charge is 0.297 e. The Morgan fingerprint density at radius 2 is 1.58 bits per heavy atom. The molecule has 130 valence electrons. The second-order valence-corrected chi connectivity index (χ2v) is 6.72. The van der Waals surface area contributed by atoms with Gasteiger partial charge < -0.3 is 9.92 Å². The number of benzene rings is 2. The van der Waals surface area contributed by atoms with Gasteiger partial charge in [-0.1, -0.05) is 60.7 Å². The maximum absolute atomic E-state index is 13.3. The van der Waals surface area contributed by atoms with Crippen molar-refractivity contribution in [2.75, 3.05) is 6.54 Å². The third-order valence-electron chi connectivity index (χ3n) is 4.92. The molecule has 0 fully saturated rings. The van der Waals surface area contributed by atoms with Gasteiger partial charge in [-0.05, 0) is 17.7 Å². The van der Waals surface area contributed by atoms with E-state index in [1.165, 1.54) is 4.57 Å². The van der Waals surface area contributed by atoms with Crippen LogP contribution < -0.4 is 5.56 Å². The van der Waals surface area contributed by atoms with Crippen LogP contribution in [0.3, 0.4) is 0 Å². The van der Waals surface area contributed by atoms with Gasteiger partial charge in [0.1, 0.15) is 0 Å². The molecule has 6 heteroatoms. The van der Waals surface area contributed by atoms with Gasteiger partial charge in [-0.3, -0.25) is 9.36 Å². The van der Waals surface area contributed by atoms with E-state index >= 15 is 0 Å². The van der Waals surface area contributed by atoms with E-state index in [9.17, 15) is 9.90 Å². The normalized spacial score (nSPS) is 14.3. The van der Waals surface area contributed by atoms with Crippen LogP contribution in [0.2, 0.25) is 0 Å². The van der Waals surface area contributed by atoms with Gasteiger partial charge in [-0.15, -0.1) is 0 Å². The van der Waals surface area contributed by atoms with Crippen LogP contribution in [0.1, 0.15) is 28.4 Å².